The second-order valence-electron chi connectivity index (χ2n) is 3.88. The molecule has 17 heavy (non-hydrogen) atoms. The molecule has 0 saturated heterocycles. The molecule has 0 heterocycles. The molecule has 1 atom stereocenters. The Balaban J connectivity index is 2.86. The van der Waals surface area contributed by atoms with Gasteiger partial charge in [0.1, 0.15) is 0 Å². The van der Waals surface area contributed by atoms with E-state index in [9.17, 15) is 10.1 Å². The smallest absolute Gasteiger partial charge is 0.269 e. The number of nitrogens with one attached hydrogen (secondary N) is 1. The first-order valence-electron chi connectivity index (χ1n) is 5.65. The lowest BCUT2D eigenvalue weighted by molar-refractivity contribution is -0.384. The van der Waals surface area contributed by atoms with Crippen molar-refractivity contribution in [1.29, 1.82) is 0 Å². The molecule has 1 unspecified atom stereocenters. The monoisotopic (exact) mass is 254 g/mol. The van der Waals surface area contributed by atoms with Gasteiger partial charge >= 0.3 is 0 Å². The summed E-state index contributed by atoms with van der Waals surface area (Å²) >= 11 is 1.82. The van der Waals surface area contributed by atoms with E-state index in [0.29, 0.717) is 5.25 Å². The van der Waals surface area contributed by atoms with E-state index in [0.717, 1.165) is 23.4 Å². The fraction of sp³-hybridized carbons (Fsp3) is 0.500. The van der Waals surface area contributed by atoms with Crippen LogP contribution in [0.25, 0.3) is 0 Å². The third kappa shape index (κ3) is 3.93. The first-order chi connectivity index (χ1) is 8.08. The zero-order chi connectivity index (χ0) is 12.8. The van der Waals surface area contributed by atoms with Gasteiger partial charge in [0.15, 0.2) is 0 Å². The van der Waals surface area contributed by atoms with Gasteiger partial charge in [-0.2, -0.15) is 11.8 Å². The highest BCUT2D eigenvalue weighted by atomic mass is 32.2. The first kappa shape index (κ1) is 13.8. The van der Waals surface area contributed by atoms with Crippen LogP contribution in [-0.2, 0) is 5.75 Å². The number of nitro groups is 1. The lowest BCUT2D eigenvalue weighted by Crippen LogP contribution is -1.99. The van der Waals surface area contributed by atoms with Crippen LogP contribution in [0.5, 0.6) is 0 Å². The SMILES string of the molecule is CCC(C)SCc1cc([N+](=O)[O-])ccc1NC. The summed E-state index contributed by atoms with van der Waals surface area (Å²) < 4.78 is 0. The minimum atomic E-state index is -0.350. The Bertz CT molecular complexity index is 396. The fourth-order valence-corrected chi connectivity index (χ4v) is 2.35. The van der Waals surface area contributed by atoms with Crippen molar-refractivity contribution in [2.24, 2.45) is 0 Å². The van der Waals surface area contributed by atoms with Crippen molar-refractivity contribution in [1.82, 2.24) is 0 Å². The Hall–Kier alpha value is -1.23. The second-order valence-corrected chi connectivity index (χ2v) is 5.31. The van der Waals surface area contributed by atoms with Crippen molar-refractivity contribution in [2.75, 3.05) is 12.4 Å². The average Bonchev–Trinajstić information content (AvgIpc) is 2.35. The Morgan fingerprint density at radius 1 is 1.53 bits per heavy atom. The van der Waals surface area contributed by atoms with Gasteiger partial charge in [-0.3, -0.25) is 10.1 Å². The number of non-ortho nitro benzene ring substituents is 1. The standard InChI is InChI=1S/C12H18N2O2S/c1-4-9(2)17-8-10-7-11(14(15)16)5-6-12(10)13-3/h5-7,9,13H,4,8H2,1-3H3. The zero-order valence-electron chi connectivity index (χ0n) is 10.4. The quantitative estimate of drug-likeness (QED) is 0.621. The zero-order valence-corrected chi connectivity index (χ0v) is 11.2. The number of nitrogens with zero attached hydrogens (tertiary/aromatic N) is 1. The maximum atomic E-state index is 10.7. The summed E-state index contributed by atoms with van der Waals surface area (Å²) in [6, 6.07) is 4.95. The Kier molecular flexibility index (Phi) is 5.28. The van der Waals surface area contributed by atoms with Crippen molar-refractivity contribution >= 4 is 23.1 Å². The number of hydrogen-bond donors (Lipinski definition) is 1. The van der Waals surface area contributed by atoms with E-state index in [4.69, 9.17) is 0 Å². The molecule has 0 radical (unpaired) electrons. The number of thioether (sulfide) groups is 1. The molecule has 0 aliphatic rings. The molecule has 1 aromatic rings. The number of benzene rings is 1. The predicted octanol–water partition coefficient (Wildman–Crippen LogP) is 3.67. The van der Waals surface area contributed by atoms with Crippen molar-refractivity contribution in [3.05, 3.63) is 33.9 Å². The van der Waals surface area contributed by atoms with E-state index < -0.39 is 0 Å². The summed E-state index contributed by atoms with van der Waals surface area (Å²) in [5, 5.41) is 14.4. The van der Waals surface area contributed by atoms with Crippen LogP contribution in [0.3, 0.4) is 0 Å². The van der Waals surface area contributed by atoms with E-state index in [1.165, 1.54) is 6.07 Å². The topological polar surface area (TPSA) is 55.2 Å². The highest BCUT2D eigenvalue weighted by Gasteiger charge is 2.11. The average molecular weight is 254 g/mol. The molecular formula is C12H18N2O2S. The van der Waals surface area contributed by atoms with Crippen LogP contribution in [0, 0.1) is 10.1 Å². The van der Waals surface area contributed by atoms with Crippen LogP contribution < -0.4 is 5.32 Å². The molecule has 94 valence electrons. The molecular weight excluding hydrogens is 236 g/mol. The van der Waals surface area contributed by atoms with Gasteiger partial charge in [0.25, 0.3) is 5.69 Å². The molecule has 1 N–H and O–H groups in total. The lowest BCUT2D eigenvalue weighted by atomic mass is 10.2. The van der Waals surface area contributed by atoms with Crippen LogP contribution in [0.4, 0.5) is 11.4 Å². The van der Waals surface area contributed by atoms with Crippen molar-refractivity contribution in [2.45, 2.75) is 31.3 Å². The normalized spacial score (nSPS) is 12.2. The molecule has 0 saturated carbocycles. The van der Waals surface area contributed by atoms with Crippen molar-refractivity contribution in [3.63, 3.8) is 0 Å². The van der Waals surface area contributed by atoms with Crippen LogP contribution >= 0.6 is 11.8 Å². The minimum absolute atomic E-state index is 0.156. The minimum Gasteiger partial charge on any atom is -0.388 e. The first-order valence-corrected chi connectivity index (χ1v) is 6.70. The van der Waals surface area contributed by atoms with Crippen molar-refractivity contribution in [3.8, 4) is 0 Å². The Morgan fingerprint density at radius 2 is 2.24 bits per heavy atom. The van der Waals surface area contributed by atoms with E-state index >= 15 is 0 Å². The molecule has 0 bridgehead atoms. The number of rotatable bonds is 6. The van der Waals surface area contributed by atoms with Gasteiger partial charge in [-0.25, -0.2) is 0 Å². The molecule has 5 heteroatoms. The summed E-state index contributed by atoms with van der Waals surface area (Å²) in [7, 11) is 1.83. The molecule has 1 rings (SSSR count). The number of anilines is 1. The second kappa shape index (κ2) is 6.49. The third-order valence-electron chi connectivity index (χ3n) is 2.67. The highest BCUT2D eigenvalue weighted by Crippen LogP contribution is 2.28. The van der Waals surface area contributed by atoms with E-state index in [1.54, 1.807) is 12.1 Å². The Morgan fingerprint density at radius 3 is 2.76 bits per heavy atom. The van der Waals surface area contributed by atoms with Gasteiger partial charge in [0.05, 0.1) is 4.92 Å². The van der Waals surface area contributed by atoms with Gasteiger partial charge in [-0.15, -0.1) is 0 Å². The summed E-state index contributed by atoms with van der Waals surface area (Å²) in [4.78, 5) is 10.4. The van der Waals surface area contributed by atoms with Crippen LogP contribution in [-0.4, -0.2) is 17.2 Å². The molecule has 0 spiro atoms. The maximum absolute atomic E-state index is 10.7. The van der Waals surface area contributed by atoms with Gasteiger partial charge in [-0.05, 0) is 18.1 Å². The fourth-order valence-electron chi connectivity index (χ4n) is 1.41. The summed E-state index contributed by atoms with van der Waals surface area (Å²) in [6.07, 6.45) is 1.11. The molecule has 0 aromatic heterocycles. The lowest BCUT2D eigenvalue weighted by Gasteiger charge is -2.11. The van der Waals surface area contributed by atoms with Crippen LogP contribution in [0.2, 0.25) is 0 Å². The van der Waals surface area contributed by atoms with E-state index in [2.05, 4.69) is 19.2 Å². The van der Waals surface area contributed by atoms with Gasteiger partial charge in [0, 0.05) is 35.9 Å². The molecule has 0 aliphatic carbocycles. The predicted molar refractivity (Wildman–Crippen MR) is 73.7 cm³/mol. The highest BCUT2D eigenvalue weighted by molar-refractivity contribution is 7.99. The van der Waals surface area contributed by atoms with Crippen molar-refractivity contribution < 1.29 is 4.92 Å². The van der Waals surface area contributed by atoms with E-state index in [1.807, 2.05) is 18.8 Å². The third-order valence-corrected chi connectivity index (χ3v) is 4.05. The number of nitro benzene ring substituents is 1. The molecule has 0 amide bonds. The molecule has 1 aromatic carbocycles. The van der Waals surface area contributed by atoms with Crippen LogP contribution in [0.1, 0.15) is 25.8 Å². The number of hydrogen-bond acceptors (Lipinski definition) is 4. The largest absolute Gasteiger partial charge is 0.388 e. The van der Waals surface area contributed by atoms with Gasteiger partial charge in [-0.1, -0.05) is 13.8 Å². The molecule has 0 aliphatic heterocycles. The maximum Gasteiger partial charge on any atom is 0.269 e. The summed E-state index contributed by atoms with van der Waals surface area (Å²) in [6.45, 7) is 4.31. The van der Waals surface area contributed by atoms with Crippen LogP contribution in [0.15, 0.2) is 18.2 Å². The molecule has 0 fully saturated rings. The Labute approximate surface area is 106 Å². The van der Waals surface area contributed by atoms with Gasteiger partial charge < -0.3 is 5.32 Å². The summed E-state index contributed by atoms with van der Waals surface area (Å²) in [5.41, 5.74) is 2.11. The van der Waals surface area contributed by atoms with Gasteiger partial charge in [0.2, 0.25) is 0 Å². The van der Waals surface area contributed by atoms with E-state index in [-0.39, 0.29) is 10.6 Å². The summed E-state index contributed by atoms with van der Waals surface area (Å²) in [5.74, 6) is 0.798. The molecule has 4 nitrogen and oxygen atoms in total.